The Balaban J connectivity index is 2.30. The Kier molecular flexibility index (Phi) is 4.30. The van der Waals surface area contributed by atoms with Gasteiger partial charge in [-0.05, 0) is 36.2 Å². The van der Waals surface area contributed by atoms with E-state index in [0.29, 0.717) is 5.69 Å². The third kappa shape index (κ3) is 3.11. The van der Waals surface area contributed by atoms with Gasteiger partial charge in [-0.15, -0.1) is 4.91 Å². The number of anilines is 1. The van der Waals surface area contributed by atoms with E-state index < -0.39 is 17.4 Å². The van der Waals surface area contributed by atoms with Gasteiger partial charge in [-0.2, -0.15) is 13.2 Å². The van der Waals surface area contributed by atoms with E-state index in [9.17, 15) is 18.1 Å². The minimum absolute atomic E-state index is 0.264. The zero-order valence-electron chi connectivity index (χ0n) is 11.3. The maximum atomic E-state index is 12.9. The van der Waals surface area contributed by atoms with Crippen LogP contribution >= 0.6 is 0 Å². The number of halogens is 3. The average Bonchev–Trinajstić information content (AvgIpc) is 2.46. The van der Waals surface area contributed by atoms with Crippen molar-refractivity contribution in [3.8, 4) is 0 Å². The van der Waals surface area contributed by atoms with Crippen LogP contribution in [0.15, 0.2) is 23.4 Å². The summed E-state index contributed by atoms with van der Waals surface area (Å²) in [4.78, 5) is 12.4. The van der Waals surface area contributed by atoms with Crippen LogP contribution < -0.4 is 4.90 Å². The second-order valence-electron chi connectivity index (χ2n) is 5.19. The maximum absolute atomic E-state index is 12.9. The van der Waals surface area contributed by atoms with E-state index in [4.69, 9.17) is 0 Å². The quantitative estimate of drug-likeness (QED) is 0.742. The molecule has 1 fully saturated rings. The fourth-order valence-corrected chi connectivity index (χ4v) is 2.73. The number of hydrogen-bond donors (Lipinski definition) is 0. The SMILES string of the molecule is CN(c1ccc(N=O)c(C(F)(F)F)c1)C1CCCCC1. The van der Waals surface area contributed by atoms with Crippen molar-refractivity contribution < 1.29 is 13.2 Å². The number of hydrogen-bond acceptors (Lipinski definition) is 3. The van der Waals surface area contributed by atoms with Crippen LogP contribution in [0.4, 0.5) is 24.5 Å². The molecule has 0 amide bonds. The Morgan fingerprint density at radius 2 is 1.85 bits per heavy atom. The zero-order valence-corrected chi connectivity index (χ0v) is 11.3. The fraction of sp³-hybridized carbons (Fsp3) is 0.571. The third-order valence-electron chi connectivity index (χ3n) is 3.91. The van der Waals surface area contributed by atoms with Gasteiger partial charge in [-0.3, -0.25) is 0 Å². The predicted molar refractivity (Wildman–Crippen MR) is 72.2 cm³/mol. The topological polar surface area (TPSA) is 32.7 Å². The van der Waals surface area contributed by atoms with Crippen molar-refractivity contribution in [2.45, 2.75) is 44.3 Å². The summed E-state index contributed by atoms with van der Waals surface area (Å²) in [6.45, 7) is 0. The molecule has 1 saturated carbocycles. The van der Waals surface area contributed by atoms with Crippen LogP contribution in [0.25, 0.3) is 0 Å². The van der Waals surface area contributed by atoms with Crippen molar-refractivity contribution in [3.63, 3.8) is 0 Å². The van der Waals surface area contributed by atoms with Crippen molar-refractivity contribution in [2.24, 2.45) is 5.18 Å². The molecule has 0 aromatic heterocycles. The van der Waals surface area contributed by atoms with Gasteiger partial charge in [-0.25, -0.2) is 0 Å². The molecule has 2 rings (SSSR count). The molecule has 110 valence electrons. The van der Waals surface area contributed by atoms with E-state index >= 15 is 0 Å². The van der Waals surface area contributed by atoms with Crippen molar-refractivity contribution in [1.29, 1.82) is 0 Å². The van der Waals surface area contributed by atoms with Crippen LogP contribution in [0.5, 0.6) is 0 Å². The summed E-state index contributed by atoms with van der Waals surface area (Å²) < 4.78 is 38.7. The number of nitrogens with zero attached hydrogens (tertiary/aromatic N) is 2. The van der Waals surface area contributed by atoms with Gasteiger partial charge in [0.15, 0.2) is 0 Å². The Morgan fingerprint density at radius 3 is 2.40 bits per heavy atom. The summed E-state index contributed by atoms with van der Waals surface area (Å²) in [6.07, 6.45) is 0.820. The van der Waals surface area contributed by atoms with Crippen LogP contribution in [-0.2, 0) is 6.18 Å². The Morgan fingerprint density at radius 1 is 1.20 bits per heavy atom. The van der Waals surface area contributed by atoms with Crippen LogP contribution in [-0.4, -0.2) is 13.1 Å². The van der Waals surface area contributed by atoms with Crippen LogP contribution in [0, 0.1) is 4.91 Å². The highest BCUT2D eigenvalue weighted by Gasteiger charge is 2.35. The number of nitroso groups, excluding NO2 is 1. The van der Waals surface area contributed by atoms with Gasteiger partial charge in [0.2, 0.25) is 0 Å². The summed E-state index contributed by atoms with van der Waals surface area (Å²) in [5.41, 5.74) is -1.04. The van der Waals surface area contributed by atoms with E-state index in [1.54, 1.807) is 7.05 Å². The molecule has 0 aliphatic heterocycles. The van der Waals surface area contributed by atoms with Crippen molar-refractivity contribution in [3.05, 3.63) is 28.7 Å². The number of rotatable bonds is 3. The number of benzene rings is 1. The lowest BCUT2D eigenvalue weighted by atomic mass is 9.94. The molecule has 0 saturated heterocycles. The lowest BCUT2D eigenvalue weighted by Gasteiger charge is -2.33. The molecule has 1 aliphatic carbocycles. The summed E-state index contributed by atoms with van der Waals surface area (Å²) in [5.74, 6) is 0. The third-order valence-corrected chi connectivity index (χ3v) is 3.91. The molecule has 0 unspecified atom stereocenters. The van der Waals surface area contributed by atoms with Gasteiger partial charge >= 0.3 is 6.18 Å². The zero-order chi connectivity index (χ0) is 14.8. The molecule has 0 N–H and O–H groups in total. The van der Waals surface area contributed by atoms with Gasteiger partial charge in [0, 0.05) is 18.8 Å². The standard InChI is InChI=1S/C14H17F3N2O/c1-19(10-5-3-2-4-6-10)11-7-8-13(18-20)12(9-11)14(15,16)17/h7-10H,2-6H2,1H3. The van der Waals surface area contributed by atoms with Gasteiger partial charge in [0.1, 0.15) is 5.69 Å². The first-order valence-electron chi connectivity index (χ1n) is 6.71. The van der Waals surface area contributed by atoms with E-state index in [2.05, 4.69) is 5.18 Å². The normalized spacial score (nSPS) is 17.0. The van der Waals surface area contributed by atoms with E-state index in [-0.39, 0.29) is 6.04 Å². The monoisotopic (exact) mass is 286 g/mol. The van der Waals surface area contributed by atoms with Gasteiger partial charge in [0.05, 0.1) is 5.56 Å². The average molecular weight is 286 g/mol. The molecule has 0 radical (unpaired) electrons. The molecule has 0 bridgehead atoms. The highest BCUT2D eigenvalue weighted by molar-refractivity contribution is 5.59. The molecule has 0 atom stereocenters. The van der Waals surface area contributed by atoms with Gasteiger partial charge in [-0.1, -0.05) is 19.3 Å². The molecule has 6 heteroatoms. The Labute approximate surface area is 115 Å². The highest BCUT2D eigenvalue weighted by atomic mass is 19.4. The molecule has 3 nitrogen and oxygen atoms in total. The van der Waals surface area contributed by atoms with E-state index in [1.807, 2.05) is 4.90 Å². The minimum atomic E-state index is -4.56. The van der Waals surface area contributed by atoms with Crippen LogP contribution in [0.3, 0.4) is 0 Å². The molecule has 20 heavy (non-hydrogen) atoms. The van der Waals surface area contributed by atoms with Gasteiger partial charge < -0.3 is 4.90 Å². The van der Waals surface area contributed by atoms with E-state index in [0.717, 1.165) is 37.8 Å². The first-order valence-corrected chi connectivity index (χ1v) is 6.71. The predicted octanol–water partition coefficient (Wildman–Crippen LogP) is 4.87. The first-order chi connectivity index (χ1) is 9.43. The second-order valence-corrected chi connectivity index (χ2v) is 5.19. The van der Waals surface area contributed by atoms with Crippen molar-refractivity contribution >= 4 is 11.4 Å². The van der Waals surface area contributed by atoms with Crippen LogP contribution in [0.1, 0.15) is 37.7 Å². The molecule has 1 aliphatic rings. The van der Waals surface area contributed by atoms with Crippen molar-refractivity contribution in [1.82, 2.24) is 0 Å². The molecule has 1 aromatic rings. The minimum Gasteiger partial charge on any atom is -0.372 e. The highest BCUT2D eigenvalue weighted by Crippen LogP contribution is 2.39. The summed E-state index contributed by atoms with van der Waals surface area (Å²) in [7, 11) is 1.81. The lowest BCUT2D eigenvalue weighted by molar-refractivity contribution is -0.137. The summed E-state index contributed by atoms with van der Waals surface area (Å²) in [6, 6.07) is 3.95. The largest absolute Gasteiger partial charge is 0.418 e. The second kappa shape index (κ2) is 5.81. The Hall–Kier alpha value is -1.59. The van der Waals surface area contributed by atoms with Crippen LogP contribution in [0.2, 0.25) is 0 Å². The molecule has 0 spiro atoms. The number of alkyl halides is 3. The first kappa shape index (κ1) is 14.8. The van der Waals surface area contributed by atoms with Gasteiger partial charge in [0.25, 0.3) is 0 Å². The summed E-state index contributed by atoms with van der Waals surface area (Å²) >= 11 is 0. The van der Waals surface area contributed by atoms with Crippen molar-refractivity contribution in [2.75, 3.05) is 11.9 Å². The Bertz CT molecular complexity index is 482. The molecular weight excluding hydrogens is 269 g/mol. The summed E-state index contributed by atoms with van der Waals surface area (Å²) in [5, 5.41) is 2.46. The molecule has 1 aromatic carbocycles. The smallest absolute Gasteiger partial charge is 0.372 e. The van der Waals surface area contributed by atoms with E-state index in [1.165, 1.54) is 12.5 Å². The fourth-order valence-electron chi connectivity index (χ4n) is 2.73. The molecule has 0 heterocycles. The lowest BCUT2D eigenvalue weighted by Crippen LogP contribution is -2.33. The maximum Gasteiger partial charge on any atom is 0.418 e. The molecular formula is C14H17F3N2O.